The van der Waals surface area contributed by atoms with Gasteiger partial charge >= 0.3 is 0 Å². The number of nitrogens with two attached hydrogens (primary N) is 1. The summed E-state index contributed by atoms with van der Waals surface area (Å²) in [6.07, 6.45) is 0. The SMILES string of the molecule is COCC(CN)(C(C)C)N(C)Cc1csc(C)n1. The van der Waals surface area contributed by atoms with E-state index in [1.807, 2.05) is 6.92 Å². The van der Waals surface area contributed by atoms with Crippen molar-refractivity contribution in [2.24, 2.45) is 11.7 Å². The lowest BCUT2D eigenvalue weighted by atomic mass is 9.85. The number of nitrogens with zero attached hydrogens (tertiary/aromatic N) is 2. The lowest BCUT2D eigenvalue weighted by molar-refractivity contribution is -0.00606. The Morgan fingerprint density at radius 1 is 1.56 bits per heavy atom. The predicted molar refractivity (Wildman–Crippen MR) is 76.8 cm³/mol. The highest BCUT2D eigenvalue weighted by molar-refractivity contribution is 7.09. The van der Waals surface area contributed by atoms with Crippen molar-refractivity contribution in [3.05, 3.63) is 16.1 Å². The van der Waals surface area contributed by atoms with Crippen molar-refractivity contribution in [1.82, 2.24) is 9.88 Å². The van der Waals surface area contributed by atoms with Gasteiger partial charge in [-0.2, -0.15) is 0 Å². The minimum Gasteiger partial charge on any atom is -0.383 e. The quantitative estimate of drug-likeness (QED) is 0.823. The van der Waals surface area contributed by atoms with E-state index in [0.29, 0.717) is 19.1 Å². The van der Waals surface area contributed by atoms with Crippen molar-refractivity contribution in [1.29, 1.82) is 0 Å². The Morgan fingerprint density at radius 2 is 2.22 bits per heavy atom. The van der Waals surface area contributed by atoms with E-state index in [1.165, 1.54) is 0 Å². The van der Waals surface area contributed by atoms with Crippen LogP contribution >= 0.6 is 11.3 Å². The van der Waals surface area contributed by atoms with Crippen molar-refractivity contribution in [3.63, 3.8) is 0 Å². The standard InChI is InChI=1S/C13H25N3OS/c1-10(2)13(8-14,9-17-5)16(4)6-12-7-18-11(3)15-12/h7,10H,6,8-9,14H2,1-5H3. The molecule has 2 N–H and O–H groups in total. The van der Waals surface area contributed by atoms with Gasteiger partial charge in [-0.15, -0.1) is 11.3 Å². The summed E-state index contributed by atoms with van der Waals surface area (Å²) in [5.74, 6) is 0.423. The normalized spacial score (nSPS) is 15.3. The van der Waals surface area contributed by atoms with Crippen molar-refractivity contribution in [3.8, 4) is 0 Å². The van der Waals surface area contributed by atoms with Gasteiger partial charge in [-0.1, -0.05) is 13.8 Å². The number of ether oxygens (including phenoxy) is 1. The number of aryl methyl sites for hydroxylation is 1. The molecule has 1 atom stereocenters. The van der Waals surface area contributed by atoms with Gasteiger partial charge in [0.25, 0.3) is 0 Å². The number of methoxy groups -OCH3 is 1. The second-order valence-corrected chi connectivity index (χ2v) is 6.17. The number of aromatic nitrogens is 1. The fraction of sp³-hybridized carbons (Fsp3) is 0.769. The molecule has 1 aromatic rings. The third kappa shape index (κ3) is 3.29. The Bertz CT molecular complexity index is 367. The van der Waals surface area contributed by atoms with Crippen LogP contribution in [0.15, 0.2) is 5.38 Å². The molecular formula is C13H25N3OS. The molecule has 0 saturated carbocycles. The summed E-state index contributed by atoms with van der Waals surface area (Å²) in [5.41, 5.74) is 6.99. The summed E-state index contributed by atoms with van der Waals surface area (Å²) in [6.45, 7) is 8.44. The van der Waals surface area contributed by atoms with E-state index in [1.54, 1.807) is 18.4 Å². The molecule has 18 heavy (non-hydrogen) atoms. The summed E-state index contributed by atoms with van der Waals surface area (Å²) in [4.78, 5) is 6.79. The summed E-state index contributed by atoms with van der Waals surface area (Å²) in [5, 5.41) is 3.22. The molecule has 0 saturated heterocycles. The van der Waals surface area contributed by atoms with Gasteiger partial charge in [-0.25, -0.2) is 4.98 Å². The first kappa shape index (κ1) is 15.6. The van der Waals surface area contributed by atoms with Crippen LogP contribution < -0.4 is 5.73 Å². The Hall–Kier alpha value is -0.490. The lowest BCUT2D eigenvalue weighted by Crippen LogP contribution is -2.58. The maximum absolute atomic E-state index is 6.02. The van der Waals surface area contributed by atoms with Crippen LogP contribution in [0.5, 0.6) is 0 Å². The smallest absolute Gasteiger partial charge is 0.0897 e. The first-order chi connectivity index (χ1) is 8.46. The van der Waals surface area contributed by atoms with E-state index in [0.717, 1.165) is 17.2 Å². The zero-order valence-corrected chi connectivity index (χ0v) is 12.9. The fourth-order valence-corrected chi connectivity index (χ4v) is 2.90. The average molecular weight is 271 g/mol. The van der Waals surface area contributed by atoms with E-state index in [9.17, 15) is 0 Å². The highest BCUT2D eigenvalue weighted by Gasteiger charge is 2.37. The van der Waals surface area contributed by atoms with Gasteiger partial charge < -0.3 is 10.5 Å². The average Bonchev–Trinajstić information content (AvgIpc) is 2.71. The molecule has 104 valence electrons. The Kier molecular flexibility index (Phi) is 5.72. The monoisotopic (exact) mass is 271 g/mol. The highest BCUT2D eigenvalue weighted by Crippen LogP contribution is 2.25. The topological polar surface area (TPSA) is 51.4 Å². The molecule has 1 unspecified atom stereocenters. The summed E-state index contributed by atoms with van der Waals surface area (Å²) >= 11 is 1.69. The molecule has 0 aliphatic rings. The molecule has 1 aromatic heterocycles. The minimum atomic E-state index is -0.133. The first-order valence-corrected chi connectivity index (χ1v) is 7.15. The van der Waals surface area contributed by atoms with Crippen LogP contribution in [0.2, 0.25) is 0 Å². The van der Waals surface area contributed by atoms with Gasteiger partial charge in [-0.3, -0.25) is 4.90 Å². The molecular weight excluding hydrogens is 246 g/mol. The van der Waals surface area contributed by atoms with Crippen molar-refractivity contribution < 1.29 is 4.74 Å². The molecule has 0 aromatic carbocycles. The minimum absolute atomic E-state index is 0.133. The van der Waals surface area contributed by atoms with Gasteiger partial charge in [0.15, 0.2) is 0 Å². The van der Waals surface area contributed by atoms with Crippen molar-refractivity contribution in [2.45, 2.75) is 32.9 Å². The lowest BCUT2D eigenvalue weighted by Gasteiger charge is -2.43. The van der Waals surface area contributed by atoms with E-state index in [-0.39, 0.29) is 5.54 Å². The predicted octanol–water partition coefficient (Wildman–Crippen LogP) is 1.88. The molecule has 1 heterocycles. The molecule has 0 amide bonds. The maximum Gasteiger partial charge on any atom is 0.0897 e. The van der Waals surface area contributed by atoms with E-state index in [4.69, 9.17) is 10.5 Å². The molecule has 0 radical (unpaired) electrons. The molecule has 0 bridgehead atoms. The van der Waals surface area contributed by atoms with Gasteiger partial charge in [0.1, 0.15) is 0 Å². The number of likely N-dealkylation sites (N-methyl/N-ethyl adjacent to an activating group) is 1. The zero-order chi connectivity index (χ0) is 13.8. The zero-order valence-electron chi connectivity index (χ0n) is 12.1. The summed E-state index contributed by atoms with van der Waals surface area (Å²) in [6, 6.07) is 0. The fourth-order valence-electron chi connectivity index (χ4n) is 2.30. The summed E-state index contributed by atoms with van der Waals surface area (Å²) < 4.78 is 5.38. The Balaban J connectivity index is 2.84. The number of hydrogen-bond acceptors (Lipinski definition) is 5. The first-order valence-electron chi connectivity index (χ1n) is 6.27. The van der Waals surface area contributed by atoms with Gasteiger partial charge in [0.05, 0.1) is 22.8 Å². The molecule has 5 heteroatoms. The van der Waals surface area contributed by atoms with Crippen LogP contribution in [-0.2, 0) is 11.3 Å². The van der Waals surface area contributed by atoms with E-state index < -0.39 is 0 Å². The molecule has 0 aliphatic heterocycles. The molecule has 0 spiro atoms. The van der Waals surface area contributed by atoms with Crippen LogP contribution in [0.3, 0.4) is 0 Å². The van der Waals surface area contributed by atoms with Gasteiger partial charge in [0.2, 0.25) is 0 Å². The van der Waals surface area contributed by atoms with Gasteiger partial charge in [-0.05, 0) is 19.9 Å². The maximum atomic E-state index is 6.02. The Labute approximate surface area is 114 Å². The van der Waals surface area contributed by atoms with Crippen LogP contribution in [-0.4, -0.2) is 42.7 Å². The van der Waals surface area contributed by atoms with Crippen LogP contribution in [0, 0.1) is 12.8 Å². The second kappa shape index (κ2) is 6.61. The second-order valence-electron chi connectivity index (χ2n) is 5.11. The molecule has 0 aliphatic carbocycles. The van der Waals surface area contributed by atoms with Crippen molar-refractivity contribution in [2.75, 3.05) is 27.3 Å². The number of hydrogen-bond donors (Lipinski definition) is 1. The van der Waals surface area contributed by atoms with Crippen LogP contribution in [0.4, 0.5) is 0 Å². The third-order valence-corrected chi connectivity index (χ3v) is 4.47. The molecule has 1 rings (SSSR count). The number of rotatable bonds is 7. The third-order valence-electron chi connectivity index (χ3n) is 3.65. The Morgan fingerprint density at radius 3 is 2.61 bits per heavy atom. The van der Waals surface area contributed by atoms with Crippen molar-refractivity contribution >= 4 is 11.3 Å². The van der Waals surface area contributed by atoms with Crippen LogP contribution in [0.25, 0.3) is 0 Å². The number of thiazole rings is 1. The molecule has 4 nitrogen and oxygen atoms in total. The highest BCUT2D eigenvalue weighted by atomic mass is 32.1. The van der Waals surface area contributed by atoms with Crippen LogP contribution in [0.1, 0.15) is 24.5 Å². The van der Waals surface area contributed by atoms with Gasteiger partial charge in [0, 0.05) is 25.6 Å². The molecule has 0 fully saturated rings. The largest absolute Gasteiger partial charge is 0.383 e. The summed E-state index contributed by atoms with van der Waals surface area (Å²) in [7, 11) is 3.83. The van der Waals surface area contributed by atoms with E-state index >= 15 is 0 Å². The van der Waals surface area contributed by atoms with E-state index in [2.05, 4.69) is 36.2 Å².